The number of nitrogens with zero attached hydrogens (tertiary/aromatic N) is 4. The van der Waals surface area contributed by atoms with Crippen molar-refractivity contribution in [2.24, 2.45) is 0 Å². The molecule has 2 amide bonds. The van der Waals surface area contributed by atoms with Crippen LogP contribution >= 0.6 is 0 Å². The fourth-order valence-electron chi connectivity index (χ4n) is 3.36. The smallest absolute Gasteiger partial charge is 0.323 e. The van der Waals surface area contributed by atoms with Gasteiger partial charge in [0, 0.05) is 45.4 Å². The molecule has 1 N–H and O–H groups in total. The Bertz CT molecular complexity index is 751. The van der Waals surface area contributed by atoms with Crippen LogP contribution in [0.4, 0.5) is 10.6 Å². The van der Waals surface area contributed by atoms with E-state index in [4.69, 9.17) is 9.84 Å². The fraction of sp³-hybridized carbons (Fsp3) is 0.500. The lowest BCUT2D eigenvalue weighted by Gasteiger charge is -2.34. The molecule has 0 unspecified atom stereocenters. The summed E-state index contributed by atoms with van der Waals surface area (Å²) in [4.78, 5) is 17.0. The van der Waals surface area contributed by atoms with Crippen molar-refractivity contribution >= 4 is 11.8 Å². The minimum absolute atomic E-state index is 0.0655. The van der Waals surface area contributed by atoms with Gasteiger partial charge in [-0.25, -0.2) is 9.48 Å². The Morgan fingerprint density at radius 3 is 2.52 bits per heavy atom. The zero-order chi connectivity index (χ0) is 19.2. The van der Waals surface area contributed by atoms with Gasteiger partial charge in [0.2, 0.25) is 0 Å². The number of methoxy groups -OCH3 is 1. The minimum Gasteiger partial charge on any atom is -0.383 e. The zero-order valence-corrected chi connectivity index (χ0v) is 16.4. The summed E-state index contributed by atoms with van der Waals surface area (Å²) in [5, 5.41) is 7.81. The van der Waals surface area contributed by atoms with Gasteiger partial charge in [-0.2, -0.15) is 5.10 Å². The third kappa shape index (κ3) is 4.48. The van der Waals surface area contributed by atoms with Gasteiger partial charge in [-0.05, 0) is 25.5 Å². The molecule has 0 saturated carbocycles. The van der Waals surface area contributed by atoms with Crippen LogP contribution in [0.2, 0.25) is 0 Å². The molecule has 0 spiro atoms. The van der Waals surface area contributed by atoms with Crippen molar-refractivity contribution in [2.45, 2.75) is 20.3 Å². The molecule has 1 saturated heterocycles. The number of para-hydroxylation sites is 1. The van der Waals surface area contributed by atoms with Crippen molar-refractivity contribution in [3.05, 3.63) is 41.6 Å². The summed E-state index contributed by atoms with van der Waals surface area (Å²) in [6, 6.07) is 9.85. The summed E-state index contributed by atoms with van der Waals surface area (Å²) in [6.45, 7) is 8.90. The zero-order valence-electron chi connectivity index (χ0n) is 16.4. The first-order valence-electron chi connectivity index (χ1n) is 9.55. The highest BCUT2D eigenvalue weighted by molar-refractivity contribution is 5.89. The largest absolute Gasteiger partial charge is 0.383 e. The van der Waals surface area contributed by atoms with Gasteiger partial charge < -0.3 is 9.64 Å². The molecule has 0 aliphatic carbocycles. The summed E-state index contributed by atoms with van der Waals surface area (Å²) in [6.07, 6.45) is 0.826. The Labute approximate surface area is 160 Å². The average Bonchev–Trinajstić information content (AvgIpc) is 3.03. The van der Waals surface area contributed by atoms with Gasteiger partial charge in [-0.1, -0.05) is 25.1 Å². The molecule has 1 fully saturated rings. The van der Waals surface area contributed by atoms with E-state index in [2.05, 4.69) is 17.1 Å². The number of aryl methyl sites for hydroxylation is 1. The van der Waals surface area contributed by atoms with Crippen LogP contribution in [0.25, 0.3) is 5.69 Å². The van der Waals surface area contributed by atoms with E-state index in [9.17, 15) is 4.79 Å². The molecule has 2 aromatic rings. The molecule has 3 rings (SSSR count). The second-order valence-electron chi connectivity index (χ2n) is 6.77. The molecular formula is C20H29N5O2. The molecule has 7 nitrogen and oxygen atoms in total. The summed E-state index contributed by atoms with van der Waals surface area (Å²) < 4.78 is 6.97. The molecule has 0 atom stereocenters. The highest BCUT2D eigenvalue weighted by Crippen LogP contribution is 2.24. The molecule has 0 radical (unpaired) electrons. The molecule has 1 aliphatic rings. The minimum atomic E-state index is -0.0655. The third-order valence-electron chi connectivity index (χ3n) is 5.05. The van der Waals surface area contributed by atoms with Gasteiger partial charge >= 0.3 is 6.03 Å². The number of aromatic nitrogens is 2. The van der Waals surface area contributed by atoms with Crippen LogP contribution in [-0.4, -0.2) is 72.1 Å². The number of piperazine rings is 1. The number of ether oxygens (including phenoxy) is 1. The fourth-order valence-corrected chi connectivity index (χ4v) is 3.36. The molecule has 1 aromatic carbocycles. The van der Waals surface area contributed by atoms with Crippen molar-refractivity contribution in [3.8, 4) is 5.69 Å². The lowest BCUT2D eigenvalue weighted by molar-refractivity contribution is 0.109. The van der Waals surface area contributed by atoms with E-state index in [1.807, 2.05) is 46.8 Å². The normalized spacial score (nSPS) is 15.1. The predicted octanol–water partition coefficient (Wildman–Crippen LogP) is 2.54. The lowest BCUT2D eigenvalue weighted by atomic mass is 10.2. The van der Waals surface area contributed by atoms with Crippen LogP contribution in [0.3, 0.4) is 0 Å². The maximum Gasteiger partial charge on any atom is 0.323 e. The van der Waals surface area contributed by atoms with Gasteiger partial charge in [-0.15, -0.1) is 0 Å². The molecule has 146 valence electrons. The number of carbonyl (C=O) groups is 1. The van der Waals surface area contributed by atoms with E-state index in [-0.39, 0.29) is 6.03 Å². The van der Waals surface area contributed by atoms with E-state index in [1.165, 1.54) is 0 Å². The van der Waals surface area contributed by atoms with Crippen molar-refractivity contribution in [1.29, 1.82) is 0 Å². The van der Waals surface area contributed by atoms with Crippen LogP contribution in [0.1, 0.15) is 18.2 Å². The second kappa shape index (κ2) is 9.01. The highest BCUT2D eigenvalue weighted by Gasteiger charge is 2.23. The number of carbonyl (C=O) groups excluding carboxylic acids is 1. The average molecular weight is 371 g/mol. The number of urea groups is 1. The second-order valence-corrected chi connectivity index (χ2v) is 6.77. The number of amides is 2. The number of nitrogens with one attached hydrogen (secondary N) is 1. The maximum absolute atomic E-state index is 12.9. The van der Waals surface area contributed by atoms with E-state index in [0.29, 0.717) is 13.1 Å². The standard InChI is InChI=1S/C20H29N5O2/c1-4-18-16(2)19(25(22-18)17-8-6-5-7-9-17)21-20(26)24-12-10-23(11-13-24)14-15-27-3/h5-9H,4,10-15H2,1-3H3,(H,21,26). The number of anilines is 1. The first-order chi connectivity index (χ1) is 13.1. The van der Waals surface area contributed by atoms with E-state index in [0.717, 1.165) is 55.4 Å². The Hall–Kier alpha value is -2.38. The van der Waals surface area contributed by atoms with Crippen LogP contribution in [-0.2, 0) is 11.2 Å². The number of hydrogen-bond acceptors (Lipinski definition) is 4. The number of hydrogen-bond donors (Lipinski definition) is 1. The summed E-state index contributed by atoms with van der Waals surface area (Å²) in [7, 11) is 1.71. The summed E-state index contributed by atoms with van der Waals surface area (Å²) >= 11 is 0. The van der Waals surface area contributed by atoms with Crippen LogP contribution in [0.15, 0.2) is 30.3 Å². The van der Waals surface area contributed by atoms with Crippen LogP contribution in [0, 0.1) is 6.92 Å². The third-order valence-corrected chi connectivity index (χ3v) is 5.05. The predicted molar refractivity (Wildman–Crippen MR) is 107 cm³/mol. The molecule has 1 aliphatic heterocycles. The summed E-state index contributed by atoms with van der Waals surface area (Å²) in [5.41, 5.74) is 2.96. The van der Waals surface area contributed by atoms with E-state index in [1.54, 1.807) is 7.11 Å². The first kappa shape index (κ1) is 19.4. The van der Waals surface area contributed by atoms with Crippen molar-refractivity contribution < 1.29 is 9.53 Å². The molecule has 7 heteroatoms. The SMILES string of the molecule is CCc1nn(-c2ccccc2)c(NC(=O)N2CCN(CCOC)CC2)c1C. The maximum atomic E-state index is 12.9. The summed E-state index contributed by atoms with van der Waals surface area (Å²) in [5.74, 6) is 0.755. The monoisotopic (exact) mass is 371 g/mol. The van der Waals surface area contributed by atoms with Gasteiger partial charge in [0.25, 0.3) is 0 Å². The topological polar surface area (TPSA) is 62.6 Å². The van der Waals surface area contributed by atoms with Gasteiger partial charge in [0.05, 0.1) is 18.0 Å². The van der Waals surface area contributed by atoms with E-state index < -0.39 is 0 Å². The van der Waals surface area contributed by atoms with Crippen molar-refractivity contribution in [2.75, 3.05) is 51.8 Å². The van der Waals surface area contributed by atoms with Gasteiger partial charge in [-0.3, -0.25) is 10.2 Å². The first-order valence-corrected chi connectivity index (χ1v) is 9.55. The molecule has 1 aromatic heterocycles. The Kier molecular flexibility index (Phi) is 6.47. The molecule has 27 heavy (non-hydrogen) atoms. The van der Waals surface area contributed by atoms with Crippen LogP contribution < -0.4 is 5.32 Å². The van der Waals surface area contributed by atoms with Gasteiger partial charge in [0.1, 0.15) is 5.82 Å². The van der Waals surface area contributed by atoms with Gasteiger partial charge in [0.15, 0.2) is 0 Å². The Morgan fingerprint density at radius 2 is 1.89 bits per heavy atom. The highest BCUT2D eigenvalue weighted by atomic mass is 16.5. The van der Waals surface area contributed by atoms with Crippen LogP contribution in [0.5, 0.6) is 0 Å². The van der Waals surface area contributed by atoms with Crippen molar-refractivity contribution in [1.82, 2.24) is 19.6 Å². The Morgan fingerprint density at radius 1 is 1.19 bits per heavy atom. The molecular weight excluding hydrogens is 342 g/mol. The number of benzene rings is 1. The Balaban J connectivity index is 1.72. The van der Waals surface area contributed by atoms with Crippen molar-refractivity contribution in [3.63, 3.8) is 0 Å². The quantitative estimate of drug-likeness (QED) is 0.848. The molecule has 2 heterocycles. The lowest BCUT2D eigenvalue weighted by Crippen LogP contribution is -2.50. The number of rotatable bonds is 6. The van der Waals surface area contributed by atoms with E-state index >= 15 is 0 Å². The molecule has 0 bridgehead atoms.